The van der Waals surface area contributed by atoms with Gasteiger partial charge in [-0.05, 0) is 38.9 Å². The zero-order valence-electron chi connectivity index (χ0n) is 10.4. The molecule has 2 rings (SSSR count). The standard InChI is InChI=1S/C13H20N2O2/c1-15-4-2-10(3-5-15)6-11-7-12(16)9-14-13(17)8-11/h6,10H,2-5,7-9H2,1H3,(H,14,17)/b11-6-. The van der Waals surface area contributed by atoms with Crippen molar-refractivity contribution in [1.29, 1.82) is 0 Å². The molecular weight excluding hydrogens is 216 g/mol. The molecule has 0 saturated carbocycles. The Balaban J connectivity index is 1.99. The molecular formula is C13H20N2O2. The van der Waals surface area contributed by atoms with E-state index in [-0.39, 0.29) is 18.2 Å². The molecule has 2 aliphatic rings. The van der Waals surface area contributed by atoms with Crippen LogP contribution in [-0.2, 0) is 9.59 Å². The average Bonchev–Trinajstić information content (AvgIpc) is 2.44. The van der Waals surface area contributed by atoms with Gasteiger partial charge in [-0.2, -0.15) is 0 Å². The van der Waals surface area contributed by atoms with E-state index in [1.165, 1.54) is 0 Å². The summed E-state index contributed by atoms with van der Waals surface area (Å²) in [5.41, 5.74) is 1.01. The van der Waals surface area contributed by atoms with Gasteiger partial charge in [0.25, 0.3) is 0 Å². The molecule has 0 bridgehead atoms. The summed E-state index contributed by atoms with van der Waals surface area (Å²) in [6, 6.07) is 0. The molecule has 0 aliphatic carbocycles. The van der Waals surface area contributed by atoms with Crippen LogP contribution in [0.2, 0.25) is 0 Å². The monoisotopic (exact) mass is 236 g/mol. The Kier molecular flexibility index (Phi) is 3.94. The fraction of sp³-hybridized carbons (Fsp3) is 0.692. The molecule has 1 N–H and O–H groups in total. The van der Waals surface area contributed by atoms with Crippen LogP contribution in [0.5, 0.6) is 0 Å². The van der Waals surface area contributed by atoms with E-state index in [1.54, 1.807) is 0 Å². The number of nitrogens with zero attached hydrogens (tertiary/aromatic N) is 1. The summed E-state index contributed by atoms with van der Waals surface area (Å²) < 4.78 is 0. The molecule has 0 aromatic carbocycles. The Labute approximate surface area is 102 Å². The van der Waals surface area contributed by atoms with Gasteiger partial charge in [-0.15, -0.1) is 0 Å². The van der Waals surface area contributed by atoms with Crippen molar-refractivity contribution in [2.24, 2.45) is 5.92 Å². The molecule has 0 spiro atoms. The molecule has 17 heavy (non-hydrogen) atoms. The molecule has 0 aromatic rings. The predicted octanol–water partition coefficient (Wildman–Crippen LogP) is 0.734. The highest BCUT2D eigenvalue weighted by Crippen LogP contribution is 2.22. The number of amides is 1. The zero-order chi connectivity index (χ0) is 12.3. The summed E-state index contributed by atoms with van der Waals surface area (Å²) >= 11 is 0. The van der Waals surface area contributed by atoms with Gasteiger partial charge in [0.1, 0.15) is 0 Å². The quantitative estimate of drug-likeness (QED) is 0.683. The largest absolute Gasteiger partial charge is 0.349 e. The summed E-state index contributed by atoms with van der Waals surface area (Å²) in [6.45, 7) is 2.41. The van der Waals surface area contributed by atoms with Crippen molar-refractivity contribution >= 4 is 11.7 Å². The average molecular weight is 236 g/mol. The van der Waals surface area contributed by atoms with Crippen LogP contribution >= 0.6 is 0 Å². The summed E-state index contributed by atoms with van der Waals surface area (Å²) in [5, 5.41) is 2.63. The maximum atomic E-state index is 11.5. The molecule has 0 unspecified atom stereocenters. The third-order valence-corrected chi connectivity index (χ3v) is 3.53. The van der Waals surface area contributed by atoms with Crippen molar-refractivity contribution in [2.75, 3.05) is 26.7 Å². The molecule has 0 atom stereocenters. The van der Waals surface area contributed by atoms with E-state index >= 15 is 0 Å². The maximum absolute atomic E-state index is 11.5. The summed E-state index contributed by atoms with van der Waals surface area (Å²) in [5.74, 6) is 0.643. The highest BCUT2D eigenvalue weighted by atomic mass is 16.2. The first-order valence-electron chi connectivity index (χ1n) is 6.30. The highest BCUT2D eigenvalue weighted by Gasteiger charge is 2.19. The first kappa shape index (κ1) is 12.3. The van der Waals surface area contributed by atoms with E-state index in [4.69, 9.17) is 0 Å². The first-order valence-corrected chi connectivity index (χ1v) is 6.30. The van der Waals surface area contributed by atoms with E-state index in [9.17, 15) is 9.59 Å². The van der Waals surface area contributed by atoms with Crippen LogP contribution < -0.4 is 5.32 Å². The van der Waals surface area contributed by atoms with Gasteiger partial charge < -0.3 is 10.2 Å². The fourth-order valence-corrected chi connectivity index (χ4v) is 2.49. The third kappa shape index (κ3) is 3.66. The lowest BCUT2D eigenvalue weighted by atomic mass is 9.92. The Morgan fingerprint density at radius 2 is 1.94 bits per heavy atom. The zero-order valence-corrected chi connectivity index (χ0v) is 10.4. The maximum Gasteiger partial charge on any atom is 0.224 e. The van der Waals surface area contributed by atoms with Crippen LogP contribution in [0, 0.1) is 5.92 Å². The Hall–Kier alpha value is -1.16. The van der Waals surface area contributed by atoms with Gasteiger partial charge in [0.15, 0.2) is 5.78 Å². The van der Waals surface area contributed by atoms with Gasteiger partial charge in [-0.1, -0.05) is 11.6 Å². The number of piperidine rings is 1. The number of rotatable bonds is 1. The van der Waals surface area contributed by atoms with Gasteiger partial charge in [-0.25, -0.2) is 0 Å². The van der Waals surface area contributed by atoms with E-state index in [2.05, 4.69) is 23.3 Å². The Morgan fingerprint density at radius 3 is 2.65 bits per heavy atom. The molecule has 4 nitrogen and oxygen atoms in total. The van der Waals surface area contributed by atoms with Crippen LogP contribution in [0.3, 0.4) is 0 Å². The summed E-state index contributed by atoms with van der Waals surface area (Å²) in [7, 11) is 2.13. The lowest BCUT2D eigenvalue weighted by molar-refractivity contribution is -0.123. The molecule has 94 valence electrons. The molecule has 2 aliphatic heterocycles. The van der Waals surface area contributed by atoms with Crippen LogP contribution in [0.1, 0.15) is 25.7 Å². The third-order valence-electron chi connectivity index (χ3n) is 3.53. The molecule has 0 radical (unpaired) electrons. The van der Waals surface area contributed by atoms with E-state index < -0.39 is 0 Å². The van der Waals surface area contributed by atoms with E-state index in [0.29, 0.717) is 18.8 Å². The molecule has 2 heterocycles. The minimum Gasteiger partial charge on any atom is -0.349 e. The van der Waals surface area contributed by atoms with Crippen molar-refractivity contribution in [3.05, 3.63) is 11.6 Å². The molecule has 1 amide bonds. The minimum absolute atomic E-state index is 0.0185. The number of hydrogen-bond acceptors (Lipinski definition) is 3. The second-order valence-electron chi connectivity index (χ2n) is 5.13. The van der Waals surface area contributed by atoms with Gasteiger partial charge in [0.2, 0.25) is 5.91 Å². The van der Waals surface area contributed by atoms with E-state index in [0.717, 1.165) is 31.5 Å². The van der Waals surface area contributed by atoms with Crippen LogP contribution in [0.4, 0.5) is 0 Å². The van der Waals surface area contributed by atoms with Crippen molar-refractivity contribution in [1.82, 2.24) is 10.2 Å². The lowest BCUT2D eigenvalue weighted by Crippen LogP contribution is -2.29. The van der Waals surface area contributed by atoms with Gasteiger partial charge in [0, 0.05) is 12.8 Å². The van der Waals surface area contributed by atoms with Crippen molar-refractivity contribution < 1.29 is 9.59 Å². The Morgan fingerprint density at radius 1 is 1.24 bits per heavy atom. The number of hydrogen-bond donors (Lipinski definition) is 1. The SMILES string of the molecule is CN1CCC(/C=C2/CC(=O)CNC(=O)C2)CC1. The lowest BCUT2D eigenvalue weighted by Gasteiger charge is -2.27. The van der Waals surface area contributed by atoms with E-state index in [1.807, 2.05) is 0 Å². The van der Waals surface area contributed by atoms with Crippen molar-refractivity contribution in [3.8, 4) is 0 Å². The van der Waals surface area contributed by atoms with Gasteiger partial charge in [-0.3, -0.25) is 9.59 Å². The molecule has 0 aromatic heterocycles. The summed E-state index contributed by atoms with van der Waals surface area (Å²) in [4.78, 5) is 25.2. The van der Waals surface area contributed by atoms with Crippen LogP contribution in [0.25, 0.3) is 0 Å². The Bertz CT molecular complexity index is 321. The van der Waals surface area contributed by atoms with Crippen molar-refractivity contribution in [3.63, 3.8) is 0 Å². The number of likely N-dealkylation sites (tertiary alicyclic amines) is 1. The number of allylic oxidation sites excluding steroid dienone is 1. The minimum atomic E-state index is -0.0185. The second-order valence-corrected chi connectivity index (χ2v) is 5.13. The normalized spacial score (nSPS) is 27.0. The number of carbonyl (C=O) groups excluding carboxylic acids is 2. The number of Topliss-reactive ketones (excluding diaryl/α,β-unsaturated/α-hetero) is 1. The van der Waals surface area contributed by atoms with Crippen molar-refractivity contribution in [2.45, 2.75) is 25.7 Å². The predicted molar refractivity (Wildman–Crippen MR) is 65.6 cm³/mol. The highest BCUT2D eigenvalue weighted by molar-refractivity contribution is 5.91. The topological polar surface area (TPSA) is 49.4 Å². The molecule has 4 heteroatoms. The van der Waals surface area contributed by atoms with Crippen LogP contribution in [-0.4, -0.2) is 43.3 Å². The summed E-state index contributed by atoms with van der Waals surface area (Å²) in [6.07, 6.45) is 5.30. The first-order chi connectivity index (χ1) is 8.13. The fourth-order valence-electron chi connectivity index (χ4n) is 2.49. The molecule has 2 fully saturated rings. The second kappa shape index (κ2) is 5.45. The molecule has 2 saturated heterocycles. The number of ketones is 1. The van der Waals surface area contributed by atoms with Gasteiger partial charge in [0.05, 0.1) is 6.54 Å². The number of nitrogens with one attached hydrogen (secondary N) is 1. The van der Waals surface area contributed by atoms with Crippen LogP contribution in [0.15, 0.2) is 11.6 Å². The van der Waals surface area contributed by atoms with Gasteiger partial charge >= 0.3 is 0 Å². The number of carbonyl (C=O) groups is 2. The smallest absolute Gasteiger partial charge is 0.224 e.